The summed E-state index contributed by atoms with van der Waals surface area (Å²) in [6, 6.07) is 0. The number of nitrogens with zero attached hydrogens (tertiary/aromatic N) is 2. The molecular formula is C12H21ClN4O. The Labute approximate surface area is 113 Å². The Morgan fingerprint density at radius 2 is 2.11 bits per heavy atom. The third kappa shape index (κ3) is 4.31. The number of nitrogens with one attached hydrogen (secondary N) is 2. The number of hydrogen-bond acceptors (Lipinski definition) is 5. The van der Waals surface area contributed by atoms with E-state index in [4.69, 9.17) is 11.6 Å². The van der Waals surface area contributed by atoms with Gasteiger partial charge in [0, 0.05) is 13.6 Å². The first kappa shape index (κ1) is 15.0. The summed E-state index contributed by atoms with van der Waals surface area (Å²) >= 11 is 5.97. The van der Waals surface area contributed by atoms with Crippen molar-refractivity contribution in [1.29, 1.82) is 0 Å². The Morgan fingerprint density at radius 1 is 1.44 bits per heavy atom. The van der Waals surface area contributed by atoms with Gasteiger partial charge in [0.2, 0.25) is 0 Å². The fourth-order valence-electron chi connectivity index (χ4n) is 1.91. The molecule has 0 aromatic carbocycles. The molecule has 0 spiro atoms. The normalized spacial score (nSPS) is 13.2. The molecule has 1 atom stereocenters. The van der Waals surface area contributed by atoms with Crippen LogP contribution in [0.4, 0.5) is 11.5 Å². The molecule has 102 valence electrons. The lowest BCUT2D eigenvalue weighted by Gasteiger charge is -2.27. The molecule has 0 aliphatic carbocycles. The second kappa shape index (κ2) is 6.20. The molecule has 6 heteroatoms. The summed E-state index contributed by atoms with van der Waals surface area (Å²) < 4.78 is 0. The van der Waals surface area contributed by atoms with Gasteiger partial charge in [0.25, 0.3) is 0 Å². The van der Waals surface area contributed by atoms with Crippen molar-refractivity contribution in [2.75, 3.05) is 24.2 Å². The summed E-state index contributed by atoms with van der Waals surface area (Å²) in [5.41, 5.74) is 0.656. The lowest BCUT2D eigenvalue weighted by molar-refractivity contribution is 0.135. The van der Waals surface area contributed by atoms with E-state index in [2.05, 4.69) is 34.4 Å². The predicted octanol–water partition coefficient (Wildman–Crippen LogP) is 2.38. The number of anilines is 2. The average molecular weight is 273 g/mol. The van der Waals surface area contributed by atoms with Crippen molar-refractivity contribution >= 4 is 23.1 Å². The van der Waals surface area contributed by atoms with Crippen LogP contribution in [0.1, 0.15) is 27.2 Å². The topological polar surface area (TPSA) is 70.1 Å². The molecule has 0 saturated heterocycles. The van der Waals surface area contributed by atoms with Crippen molar-refractivity contribution in [3.63, 3.8) is 0 Å². The second-order valence-corrected chi connectivity index (χ2v) is 5.57. The van der Waals surface area contributed by atoms with Crippen molar-refractivity contribution in [2.45, 2.75) is 33.3 Å². The second-order valence-electron chi connectivity index (χ2n) is 5.21. The van der Waals surface area contributed by atoms with Crippen LogP contribution < -0.4 is 10.6 Å². The third-order valence-electron chi connectivity index (χ3n) is 2.63. The van der Waals surface area contributed by atoms with Crippen LogP contribution in [0.3, 0.4) is 0 Å². The van der Waals surface area contributed by atoms with E-state index in [0.717, 1.165) is 0 Å². The minimum Gasteiger partial charge on any atom is -0.393 e. The van der Waals surface area contributed by atoms with E-state index in [1.54, 1.807) is 14.0 Å². The van der Waals surface area contributed by atoms with Crippen molar-refractivity contribution in [2.24, 2.45) is 5.41 Å². The molecule has 1 unspecified atom stereocenters. The monoisotopic (exact) mass is 272 g/mol. The van der Waals surface area contributed by atoms with Crippen molar-refractivity contribution in [3.8, 4) is 0 Å². The highest BCUT2D eigenvalue weighted by atomic mass is 35.5. The van der Waals surface area contributed by atoms with Crippen LogP contribution in [0, 0.1) is 5.41 Å². The first-order valence-electron chi connectivity index (χ1n) is 5.96. The highest BCUT2D eigenvalue weighted by Gasteiger charge is 2.21. The van der Waals surface area contributed by atoms with Crippen molar-refractivity contribution in [1.82, 2.24) is 9.97 Å². The van der Waals surface area contributed by atoms with Gasteiger partial charge in [-0.1, -0.05) is 25.4 Å². The van der Waals surface area contributed by atoms with Crippen molar-refractivity contribution < 1.29 is 5.11 Å². The highest BCUT2D eigenvalue weighted by Crippen LogP contribution is 2.28. The molecule has 0 radical (unpaired) electrons. The maximum Gasteiger partial charge on any atom is 0.157 e. The van der Waals surface area contributed by atoms with E-state index in [1.807, 2.05) is 0 Å². The number of rotatable bonds is 6. The molecule has 18 heavy (non-hydrogen) atoms. The lowest BCUT2D eigenvalue weighted by Crippen LogP contribution is -2.27. The van der Waals surface area contributed by atoms with Crippen LogP contribution in [0.15, 0.2) is 6.33 Å². The number of aromatic nitrogens is 2. The van der Waals surface area contributed by atoms with Crippen LogP contribution in [-0.4, -0.2) is 34.8 Å². The Hall–Kier alpha value is -1.07. The summed E-state index contributed by atoms with van der Waals surface area (Å²) in [6.45, 7) is 6.67. The molecular weight excluding hydrogens is 252 g/mol. The Balaban J connectivity index is 2.71. The molecule has 3 N–H and O–H groups in total. The first-order valence-corrected chi connectivity index (χ1v) is 6.34. The average Bonchev–Trinajstić information content (AvgIpc) is 2.24. The molecule has 0 bridgehead atoms. The van der Waals surface area contributed by atoms with Gasteiger partial charge in [-0.3, -0.25) is 0 Å². The first-order chi connectivity index (χ1) is 8.35. The fourth-order valence-corrected chi connectivity index (χ4v) is 2.14. The predicted molar refractivity (Wildman–Crippen MR) is 75.2 cm³/mol. The summed E-state index contributed by atoms with van der Waals surface area (Å²) in [6.07, 6.45) is 1.82. The fraction of sp³-hybridized carbons (Fsp3) is 0.667. The largest absolute Gasteiger partial charge is 0.393 e. The molecule has 0 saturated carbocycles. The molecule has 0 aliphatic heterocycles. The van der Waals surface area contributed by atoms with Crippen LogP contribution in [0.2, 0.25) is 5.15 Å². The van der Waals surface area contributed by atoms with Gasteiger partial charge in [-0.25, -0.2) is 9.97 Å². The van der Waals surface area contributed by atoms with E-state index in [9.17, 15) is 5.11 Å². The highest BCUT2D eigenvalue weighted by molar-refractivity contribution is 6.32. The summed E-state index contributed by atoms with van der Waals surface area (Å²) in [5.74, 6) is 0.677. The number of aliphatic hydroxyl groups is 1. The standard InChI is InChI=1S/C12H21ClN4O/c1-8(18)5-12(2,3)6-15-11-9(14-4)10(13)16-7-17-11/h7-8,14,18H,5-6H2,1-4H3,(H,15,16,17). The minimum absolute atomic E-state index is 0.0311. The molecule has 1 aromatic rings. The van der Waals surface area contributed by atoms with Gasteiger partial charge in [0.05, 0.1) is 6.10 Å². The molecule has 1 aromatic heterocycles. The SMILES string of the molecule is CNc1c(Cl)ncnc1NCC(C)(C)CC(C)O. The van der Waals surface area contributed by atoms with Gasteiger partial charge in [0.15, 0.2) is 11.0 Å². The zero-order chi connectivity index (χ0) is 13.8. The maximum atomic E-state index is 9.44. The molecule has 1 rings (SSSR count). The summed E-state index contributed by atoms with van der Waals surface area (Å²) in [7, 11) is 1.77. The molecule has 0 aliphatic rings. The van der Waals surface area contributed by atoms with Crippen LogP contribution in [-0.2, 0) is 0 Å². The Kier molecular flexibility index (Phi) is 5.16. The van der Waals surface area contributed by atoms with Gasteiger partial charge in [0.1, 0.15) is 12.0 Å². The lowest BCUT2D eigenvalue weighted by atomic mass is 9.87. The molecule has 5 nitrogen and oxygen atoms in total. The van der Waals surface area contributed by atoms with Gasteiger partial charge in [-0.05, 0) is 18.8 Å². The summed E-state index contributed by atoms with van der Waals surface area (Å²) in [4.78, 5) is 8.08. The zero-order valence-corrected chi connectivity index (χ0v) is 12.0. The summed E-state index contributed by atoms with van der Waals surface area (Å²) in [5, 5.41) is 16.0. The molecule has 1 heterocycles. The van der Waals surface area contributed by atoms with Crippen LogP contribution in [0.25, 0.3) is 0 Å². The number of halogens is 1. The number of hydrogen-bond donors (Lipinski definition) is 3. The molecule has 0 amide bonds. The van der Waals surface area contributed by atoms with E-state index >= 15 is 0 Å². The van der Waals surface area contributed by atoms with Crippen molar-refractivity contribution in [3.05, 3.63) is 11.5 Å². The van der Waals surface area contributed by atoms with E-state index in [1.165, 1.54) is 6.33 Å². The minimum atomic E-state index is -0.320. The number of aliphatic hydroxyl groups excluding tert-OH is 1. The molecule has 0 fully saturated rings. The van der Waals surface area contributed by atoms with Crippen LogP contribution in [0.5, 0.6) is 0 Å². The quantitative estimate of drug-likeness (QED) is 0.694. The zero-order valence-electron chi connectivity index (χ0n) is 11.3. The van der Waals surface area contributed by atoms with E-state index in [-0.39, 0.29) is 11.5 Å². The van der Waals surface area contributed by atoms with Crippen LogP contribution >= 0.6 is 11.6 Å². The van der Waals surface area contributed by atoms with Gasteiger partial charge in [-0.15, -0.1) is 0 Å². The van der Waals surface area contributed by atoms with E-state index < -0.39 is 0 Å². The van der Waals surface area contributed by atoms with Gasteiger partial charge in [-0.2, -0.15) is 0 Å². The Bertz CT molecular complexity index is 396. The van der Waals surface area contributed by atoms with Gasteiger partial charge < -0.3 is 15.7 Å². The van der Waals surface area contributed by atoms with Gasteiger partial charge >= 0.3 is 0 Å². The third-order valence-corrected chi connectivity index (χ3v) is 2.92. The smallest absolute Gasteiger partial charge is 0.157 e. The maximum absolute atomic E-state index is 9.44. The van der Waals surface area contributed by atoms with E-state index in [0.29, 0.717) is 29.6 Å². The Morgan fingerprint density at radius 3 is 2.67 bits per heavy atom.